The number of rotatable bonds is 6. The van der Waals surface area contributed by atoms with Gasteiger partial charge in [-0.3, -0.25) is 4.79 Å². The molecule has 0 aromatic heterocycles. The van der Waals surface area contributed by atoms with Crippen LogP contribution in [0.3, 0.4) is 0 Å². The van der Waals surface area contributed by atoms with Crippen LogP contribution in [-0.4, -0.2) is 28.7 Å². The molecule has 1 aromatic rings. The van der Waals surface area contributed by atoms with Crippen molar-refractivity contribution in [2.45, 2.75) is 32.7 Å². The van der Waals surface area contributed by atoms with Gasteiger partial charge in [-0.2, -0.15) is 0 Å². The normalized spacial score (nSPS) is 10.8. The first-order valence-corrected chi connectivity index (χ1v) is 8.66. The van der Waals surface area contributed by atoms with E-state index >= 15 is 0 Å². The van der Waals surface area contributed by atoms with Crippen molar-refractivity contribution < 1.29 is 4.79 Å². The fraction of sp³-hybridized carbons (Fsp3) is 0.500. The van der Waals surface area contributed by atoms with E-state index in [0.29, 0.717) is 17.1 Å². The molecular formula is C14H18Br2ClNO. The predicted molar refractivity (Wildman–Crippen MR) is 88.4 cm³/mol. The van der Waals surface area contributed by atoms with Gasteiger partial charge in [0.05, 0.1) is 5.02 Å². The fourth-order valence-electron chi connectivity index (χ4n) is 2.07. The highest BCUT2D eigenvalue weighted by molar-refractivity contribution is 9.10. The van der Waals surface area contributed by atoms with E-state index in [0.717, 1.165) is 22.6 Å². The molecule has 1 amide bonds. The third-order valence-corrected chi connectivity index (χ3v) is 4.70. The predicted octanol–water partition coefficient (Wildman–Crippen LogP) is 5.13. The van der Waals surface area contributed by atoms with Crippen LogP contribution in [0.25, 0.3) is 0 Å². The zero-order valence-electron chi connectivity index (χ0n) is 11.1. The Morgan fingerprint density at radius 2 is 2.00 bits per heavy atom. The minimum absolute atomic E-state index is 0.0607. The first kappa shape index (κ1) is 17.0. The van der Waals surface area contributed by atoms with E-state index in [1.165, 1.54) is 0 Å². The molecule has 0 spiro atoms. The molecule has 0 aliphatic heterocycles. The lowest BCUT2D eigenvalue weighted by Crippen LogP contribution is -2.41. The summed E-state index contributed by atoms with van der Waals surface area (Å²) in [6.45, 7) is 4.94. The van der Waals surface area contributed by atoms with Crippen molar-refractivity contribution in [3.63, 3.8) is 0 Å². The summed E-state index contributed by atoms with van der Waals surface area (Å²) < 4.78 is 0.753. The standard InChI is InChI=1S/C14H18Br2ClNO/c1-3-11(4-2)18(8-7-15)14(19)10-5-6-13(17)12(16)9-10/h5-6,9,11H,3-4,7-8H2,1-2H3. The van der Waals surface area contributed by atoms with Crippen LogP contribution in [0.2, 0.25) is 5.02 Å². The lowest BCUT2D eigenvalue weighted by molar-refractivity contribution is 0.0683. The largest absolute Gasteiger partial charge is 0.335 e. The summed E-state index contributed by atoms with van der Waals surface area (Å²) in [6.07, 6.45) is 1.92. The molecule has 5 heteroatoms. The number of hydrogen-bond acceptors (Lipinski definition) is 1. The van der Waals surface area contributed by atoms with Gasteiger partial charge < -0.3 is 4.90 Å². The van der Waals surface area contributed by atoms with Crippen molar-refractivity contribution in [2.24, 2.45) is 0 Å². The zero-order valence-corrected chi connectivity index (χ0v) is 15.1. The highest BCUT2D eigenvalue weighted by Crippen LogP contribution is 2.24. The molecule has 106 valence electrons. The van der Waals surface area contributed by atoms with Crippen LogP contribution in [0.15, 0.2) is 22.7 Å². The summed E-state index contributed by atoms with van der Waals surface area (Å²) >= 11 is 12.7. The number of halogens is 3. The Bertz CT molecular complexity index is 435. The number of amides is 1. The van der Waals surface area contributed by atoms with E-state index in [2.05, 4.69) is 45.7 Å². The Balaban J connectivity index is 3.01. The number of hydrogen-bond donors (Lipinski definition) is 0. The van der Waals surface area contributed by atoms with Crippen LogP contribution in [-0.2, 0) is 0 Å². The summed E-state index contributed by atoms with van der Waals surface area (Å²) in [5.41, 5.74) is 0.670. The van der Waals surface area contributed by atoms with Crippen molar-refractivity contribution in [1.82, 2.24) is 4.90 Å². The van der Waals surface area contributed by atoms with Gasteiger partial charge in [-0.1, -0.05) is 41.4 Å². The third-order valence-electron chi connectivity index (χ3n) is 3.14. The quantitative estimate of drug-likeness (QED) is 0.595. The molecule has 0 radical (unpaired) electrons. The van der Waals surface area contributed by atoms with Crippen molar-refractivity contribution in [3.05, 3.63) is 33.3 Å². The van der Waals surface area contributed by atoms with Crippen molar-refractivity contribution in [2.75, 3.05) is 11.9 Å². The molecule has 0 aliphatic rings. The molecule has 1 aromatic carbocycles. The van der Waals surface area contributed by atoms with Crippen LogP contribution < -0.4 is 0 Å². The molecule has 0 N–H and O–H groups in total. The van der Waals surface area contributed by atoms with Gasteiger partial charge >= 0.3 is 0 Å². The first-order chi connectivity index (χ1) is 9.04. The molecule has 0 aliphatic carbocycles. The SMILES string of the molecule is CCC(CC)N(CCBr)C(=O)c1ccc(Cl)c(Br)c1. The van der Waals surface area contributed by atoms with Gasteiger partial charge in [0, 0.05) is 28.0 Å². The van der Waals surface area contributed by atoms with Gasteiger partial charge in [-0.15, -0.1) is 0 Å². The summed E-state index contributed by atoms with van der Waals surface area (Å²) in [5.74, 6) is 0.0607. The number of carbonyl (C=O) groups is 1. The van der Waals surface area contributed by atoms with Crippen LogP contribution in [0.1, 0.15) is 37.0 Å². The van der Waals surface area contributed by atoms with Gasteiger partial charge in [-0.05, 0) is 47.0 Å². The minimum atomic E-state index is 0.0607. The monoisotopic (exact) mass is 409 g/mol. The van der Waals surface area contributed by atoms with Crippen LogP contribution in [0.4, 0.5) is 0 Å². The van der Waals surface area contributed by atoms with Crippen LogP contribution >= 0.6 is 43.5 Å². The van der Waals surface area contributed by atoms with Crippen molar-refractivity contribution >= 4 is 49.4 Å². The molecule has 0 unspecified atom stereocenters. The molecular weight excluding hydrogens is 393 g/mol. The van der Waals surface area contributed by atoms with E-state index in [4.69, 9.17) is 11.6 Å². The van der Waals surface area contributed by atoms with Gasteiger partial charge in [0.25, 0.3) is 5.91 Å². The Kier molecular flexibility index (Phi) is 7.40. The van der Waals surface area contributed by atoms with Gasteiger partial charge in [0.2, 0.25) is 0 Å². The summed E-state index contributed by atoms with van der Waals surface area (Å²) in [7, 11) is 0. The second-order valence-corrected chi connectivity index (χ2v) is 6.34. The molecule has 0 saturated carbocycles. The lowest BCUT2D eigenvalue weighted by Gasteiger charge is -2.30. The Hall–Kier alpha value is -0.0600. The highest BCUT2D eigenvalue weighted by atomic mass is 79.9. The number of benzene rings is 1. The average Bonchev–Trinajstić information content (AvgIpc) is 2.41. The second kappa shape index (κ2) is 8.28. The maximum Gasteiger partial charge on any atom is 0.254 e. The molecule has 0 fully saturated rings. The molecule has 0 bridgehead atoms. The van der Waals surface area contributed by atoms with Gasteiger partial charge in [0.15, 0.2) is 0 Å². The smallest absolute Gasteiger partial charge is 0.254 e. The second-order valence-electron chi connectivity index (χ2n) is 4.29. The zero-order chi connectivity index (χ0) is 14.4. The first-order valence-electron chi connectivity index (χ1n) is 6.37. The highest BCUT2D eigenvalue weighted by Gasteiger charge is 2.22. The molecule has 1 rings (SSSR count). The van der Waals surface area contributed by atoms with Crippen molar-refractivity contribution in [1.29, 1.82) is 0 Å². The molecule has 0 saturated heterocycles. The summed E-state index contributed by atoms with van der Waals surface area (Å²) in [4.78, 5) is 14.5. The number of carbonyl (C=O) groups excluding carboxylic acids is 1. The topological polar surface area (TPSA) is 20.3 Å². The minimum Gasteiger partial charge on any atom is -0.335 e. The maximum atomic E-state index is 12.6. The molecule has 0 heterocycles. The van der Waals surface area contributed by atoms with E-state index in [1.54, 1.807) is 18.2 Å². The van der Waals surface area contributed by atoms with E-state index in [9.17, 15) is 4.79 Å². The molecule has 2 nitrogen and oxygen atoms in total. The fourth-order valence-corrected chi connectivity index (χ4v) is 2.94. The van der Waals surface area contributed by atoms with Crippen molar-refractivity contribution in [3.8, 4) is 0 Å². The average molecular weight is 412 g/mol. The Morgan fingerprint density at radius 1 is 1.37 bits per heavy atom. The Morgan fingerprint density at radius 3 is 2.47 bits per heavy atom. The number of alkyl halides is 1. The summed E-state index contributed by atoms with van der Waals surface area (Å²) in [5, 5.41) is 1.40. The number of nitrogens with zero attached hydrogens (tertiary/aromatic N) is 1. The van der Waals surface area contributed by atoms with E-state index in [1.807, 2.05) is 4.90 Å². The molecule has 19 heavy (non-hydrogen) atoms. The van der Waals surface area contributed by atoms with E-state index < -0.39 is 0 Å². The van der Waals surface area contributed by atoms with Gasteiger partial charge in [0.1, 0.15) is 0 Å². The van der Waals surface area contributed by atoms with Crippen LogP contribution in [0, 0.1) is 0 Å². The van der Waals surface area contributed by atoms with E-state index in [-0.39, 0.29) is 11.9 Å². The van der Waals surface area contributed by atoms with Gasteiger partial charge in [-0.25, -0.2) is 0 Å². The molecule has 0 atom stereocenters. The third kappa shape index (κ3) is 4.47. The summed E-state index contributed by atoms with van der Waals surface area (Å²) in [6, 6.07) is 5.59. The Labute approximate surface area is 136 Å². The lowest BCUT2D eigenvalue weighted by atomic mass is 10.1. The van der Waals surface area contributed by atoms with Crippen LogP contribution in [0.5, 0.6) is 0 Å². The maximum absolute atomic E-state index is 12.6.